The van der Waals surface area contributed by atoms with E-state index in [0.29, 0.717) is 35.7 Å². The Kier molecular flexibility index (Phi) is 5.75. The van der Waals surface area contributed by atoms with Crippen LogP contribution < -0.4 is 10.6 Å². The van der Waals surface area contributed by atoms with E-state index < -0.39 is 17.4 Å². The molecule has 172 valence electrons. The molecular formula is C25H26ClN3O3S. The first-order chi connectivity index (χ1) is 15.9. The molecule has 0 bridgehead atoms. The molecule has 0 aromatic heterocycles. The maximum absolute atomic E-state index is 13.8. The molecular weight excluding hydrogens is 458 g/mol. The van der Waals surface area contributed by atoms with Crippen LogP contribution >= 0.6 is 23.4 Å². The molecule has 6 nitrogen and oxygen atoms in total. The summed E-state index contributed by atoms with van der Waals surface area (Å²) in [6.07, 6.45) is 3.29. The van der Waals surface area contributed by atoms with Crippen LogP contribution in [0, 0.1) is 18.8 Å². The molecule has 4 atom stereocenters. The normalized spacial score (nSPS) is 27.9. The van der Waals surface area contributed by atoms with Crippen LogP contribution in [0.25, 0.3) is 0 Å². The van der Waals surface area contributed by atoms with Crippen molar-refractivity contribution in [2.75, 3.05) is 23.9 Å². The molecule has 2 N–H and O–H groups in total. The molecule has 2 aromatic rings. The molecule has 3 aliphatic rings. The Balaban J connectivity index is 1.55. The molecule has 5 rings (SSSR count). The number of nitrogens with one attached hydrogen (secondary N) is 2. The van der Waals surface area contributed by atoms with E-state index in [1.807, 2.05) is 49.6 Å². The lowest BCUT2D eigenvalue weighted by molar-refractivity contribution is -0.142. The number of fused-ring (bicyclic) bond motifs is 4. The molecule has 0 radical (unpaired) electrons. The second kappa shape index (κ2) is 8.46. The standard InChI is InChI=1S/C25H26ClN3O3S/c1-14-12-16-21(17(26)13-14)27-24(32)25(16)20-19(18(28-25)9-11-33-2)22(30)29(23(20)31)10-8-15-6-4-3-5-7-15/h3-7,12-13,18-20,28H,8-11H2,1-2H3,(H,27,32)/t18-,19-,20-,25+/m1/s1. The van der Waals surface area contributed by atoms with Gasteiger partial charge in [0.2, 0.25) is 17.7 Å². The number of anilines is 1. The molecule has 1 spiro atoms. The van der Waals surface area contributed by atoms with E-state index in [-0.39, 0.29) is 23.8 Å². The highest BCUT2D eigenvalue weighted by atomic mass is 35.5. The monoisotopic (exact) mass is 483 g/mol. The summed E-state index contributed by atoms with van der Waals surface area (Å²) in [5, 5.41) is 6.81. The molecule has 2 fully saturated rings. The van der Waals surface area contributed by atoms with Gasteiger partial charge in [-0.25, -0.2) is 0 Å². The van der Waals surface area contributed by atoms with Gasteiger partial charge in [-0.15, -0.1) is 0 Å². The zero-order valence-corrected chi connectivity index (χ0v) is 20.1. The fourth-order valence-electron chi connectivity index (χ4n) is 5.65. The van der Waals surface area contributed by atoms with Crippen molar-refractivity contribution >= 4 is 46.8 Å². The molecule has 0 aliphatic carbocycles. The number of carbonyl (C=O) groups is 3. The zero-order valence-electron chi connectivity index (χ0n) is 18.6. The molecule has 2 aromatic carbocycles. The van der Waals surface area contributed by atoms with Gasteiger partial charge in [0.1, 0.15) is 5.54 Å². The maximum Gasteiger partial charge on any atom is 0.250 e. The van der Waals surface area contributed by atoms with Crippen LogP contribution in [0.1, 0.15) is 23.1 Å². The van der Waals surface area contributed by atoms with Crippen LogP contribution in [0.5, 0.6) is 0 Å². The van der Waals surface area contributed by atoms with Crippen molar-refractivity contribution in [2.45, 2.75) is 31.3 Å². The SMILES string of the molecule is CSCC[C@H]1N[C@]2(C(=O)Nc3c(Cl)cc(C)cc32)[C@H]2C(=O)N(CCc3ccccc3)C(=O)[C@H]12. The van der Waals surface area contributed by atoms with Crippen LogP contribution in [-0.2, 0) is 26.3 Å². The fourth-order valence-corrected chi connectivity index (χ4v) is 6.46. The topological polar surface area (TPSA) is 78.5 Å². The Labute approximate surface area is 202 Å². The number of hydrogen-bond acceptors (Lipinski definition) is 5. The largest absolute Gasteiger partial charge is 0.323 e. The lowest BCUT2D eigenvalue weighted by atomic mass is 9.76. The Morgan fingerprint density at radius 2 is 1.88 bits per heavy atom. The first-order valence-corrected chi connectivity index (χ1v) is 12.9. The number of thioether (sulfide) groups is 1. The summed E-state index contributed by atoms with van der Waals surface area (Å²) in [5.74, 6) is -1.30. The van der Waals surface area contributed by atoms with Crippen molar-refractivity contribution < 1.29 is 14.4 Å². The number of carbonyl (C=O) groups excluding carboxylic acids is 3. The van der Waals surface area contributed by atoms with E-state index in [9.17, 15) is 14.4 Å². The first kappa shape index (κ1) is 22.4. The molecule has 33 heavy (non-hydrogen) atoms. The number of amides is 3. The minimum absolute atomic E-state index is 0.184. The fraction of sp³-hybridized carbons (Fsp3) is 0.400. The van der Waals surface area contributed by atoms with Crippen LogP contribution in [0.3, 0.4) is 0 Å². The molecule has 3 aliphatic heterocycles. The quantitative estimate of drug-likeness (QED) is 0.616. The molecule has 8 heteroatoms. The summed E-state index contributed by atoms with van der Waals surface area (Å²) >= 11 is 8.15. The number of aryl methyl sites for hydroxylation is 1. The van der Waals surface area contributed by atoms with E-state index >= 15 is 0 Å². The van der Waals surface area contributed by atoms with E-state index in [1.54, 1.807) is 17.8 Å². The third-order valence-corrected chi connectivity index (χ3v) is 8.05. The van der Waals surface area contributed by atoms with Gasteiger partial charge in [0.15, 0.2) is 0 Å². The van der Waals surface area contributed by atoms with Crippen molar-refractivity contribution in [1.82, 2.24) is 10.2 Å². The minimum atomic E-state index is -1.28. The Hall–Kier alpha value is -2.35. The highest BCUT2D eigenvalue weighted by Crippen LogP contribution is 2.54. The van der Waals surface area contributed by atoms with Crippen molar-refractivity contribution in [3.63, 3.8) is 0 Å². The van der Waals surface area contributed by atoms with Gasteiger partial charge in [0, 0.05) is 18.2 Å². The van der Waals surface area contributed by atoms with Crippen molar-refractivity contribution in [3.05, 3.63) is 64.2 Å². The lowest BCUT2D eigenvalue weighted by Gasteiger charge is -2.29. The van der Waals surface area contributed by atoms with Gasteiger partial charge < -0.3 is 5.32 Å². The van der Waals surface area contributed by atoms with Crippen LogP contribution in [0.2, 0.25) is 5.02 Å². The Morgan fingerprint density at radius 3 is 2.61 bits per heavy atom. The van der Waals surface area contributed by atoms with Gasteiger partial charge in [-0.1, -0.05) is 48.0 Å². The molecule has 0 saturated carbocycles. The summed E-state index contributed by atoms with van der Waals surface area (Å²) in [6, 6.07) is 13.2. The van der Waals surface area contributed by atoms with Gasteiger partial charge in [0.25, 0.3) is 0 Å². The van der Waals surface area contributed by atoms with E-state index in [4.69, 9.17) is 11.6 Å². The maximum atomic E-state index is 13.8. The number of likely N-dealkylation sites (tertiary alicyclic amines) is 1. The highest BCUT2D eigenvalue weighted by Gasteiger charge is 2.70. The highest BCUT2D eigenvalue weighted by molar-refractivity contribution is 7.98. The lowest BCUT2D eigenvalue weighted by Crippen LogP contribution is -2.53. The number of imide groups is 1. The van der Waals surface area contributed by atoms with Crippen LogP contribution in [0.15, 0.2) is 42.5 Å². The number of halogens is 1. The average Bonchev–Trinajstić information content (AvgIpc) is 3.37. The summed E-state index contributed by atoms with van der Waals surface area (Å²) in [4.78, 5) is 42.2. The van der Waals surface area contributed by atoms with Crippen molar-refractivity contribution in [3.8, 4) is 0 Å². The summed E-state index contributed by atoms with van der Waals surface area (Å²) in [7, 11) is 0. The second-order valence-electron chi connectivity index (χ2n) is 9.03. The number of nitrogens with zero attached hydrogens (tertiary/aromatic N) is 1. The Bertz CT molecular complexity index is 1140. The predicted octanol–water partition coefficient (Wildman–Crippen LogP) is 3.36. The second-order valence-corrected chi connectivity index (χ2v) is 10.4. The van der Waals surface area contributed by atoms with Gasteiger partial charge in [-0.05, 0) is 49.0 Å². The molecule has 3 heterocycles. The van der Waals surface area contributed by atoms with E-state index in [1.165, 1.54) is 4.90 Å². The zero-order chi connectivity index (χ0) is 23.3. The Morgan fingerprint density at radius 1 is 1.12 bits per heavy atom. The van der Waals surface area contributed by atoms with Crippen molar-refractivity contribution in [2.24, 2.45) is 11.8 Å². The van der Waals surface area contributed by atoms with Gasteiger partial charge in [0.05, 0.1) is 22.5 Å². The van der Waals surface area contributed by atoms with Gasteiger partial charge in [-0.2, -0.15) is 11.8 Å². The number of rotatable bonds is 6. The van der Waals surface area contributed by atoms with Crippen molar-refractivity contribution in [1.29, 1.82) is 0 Å². The minimum Gasteiger partial charge on any atom is -0.323 e. The molecule has 0 unspecified atom stereocenters. The van der Waals surface area contributed by atoms with Crippen LogP contribution in [-0.4, -0.2) is 47.2 Å². The number of benzene rings is 2. The smallest absolute Gasteiger partial charge is 0.250 e. The predicted molar refractivity (Wildman–Crippen MR) is 130 cm³/mol. The summed E-state index contributed by atoms with van der Waals surface area (Å²) in [5.41, 5.74) is 1.89. The number of hydrogen-bond donors (Lipinski definition) is 2. The third kappa shape index (κ3) is 3.40. The van der Waals surface area contributed by atoms with E-state index in [0.717, 1.165) is 16.9 Å². The summed E-state index contributed by atoms with van der Waals surface area (Å²) in [6.45, 7) is 2.22. The van der Waals surface area contributed by atoms with Crippen LogP contribution in [0.4, 0.5) is 5.69 Å². The van der Waals surface area contributed by atoms with E-state index in [2.05, 4.69) is 10.6 Å². The average molecular weight is 484 g/mol. The molecule has 3 amide bonds. The summed E-state index contributed by atoms with van der Waals surface area (Å²) < 4.78 is 0. The van der Waals surface area contributed by atoms with Gasteiger partial charge >= 0.3 is 0 Å². The third-order valence-electron chi connectivity index (χ3n) is 7.11. The van der Waals surface area contributed by atoms with Gasteiger partial charge in [-0.3, -0.25) is 24.6 Å². The first-order valence-electron chi connectivity index (χ1n) is 11.2. The molecule has 2 saturated heterocycles.